The van der Waals surface area contributed by atoms with Crippen molar-refractivity contribution in [2.75, 3.05) is 19.6 Å². The van der Waals surface area contributed by atoms with E-state index in [0.29, 0.717) is 18.5 Å². The molecule has 1 saturated heterocycles. The number of aryl methyl sites for hydroxylation is 2. The standard InChI is InChI=1S/C24H26N4O4/c1-5-28-21(29)13-27(14-22(28)30)23(31)19-9-7-17(10-15(19)2)20-11-24(4,32-26-20)18-8-6-16(3)25-12-18/h6-10,12H,5,11,13-14H2,1-4H3. The SMILES string of the molecule is CCN1C(=O)CN(C(=O)c2ccc(C3=NOC(C)(c4ccc(C)nc4)C3)cc2C)CC1=O. The molecule has 1 aromatic carbocycles. The van der Waals surface area contributed by atoms with E-state index in [0.717, 1.165) is 28.1 Å². The van der Waals surface area contributed by atoms with E-state index in [4.69, 9.17) is 4.84 Å². The van der Waals surface area contributed by atoms with Gasteiger partial charge in [0.15, 0.2) is 5.60 Å². The molecule has 1 unspecified atom stereocenters. The Kier molecular flexibility index (Phi) is 5.54. The second-order valence-corrected chi connectivity index (χ2v) is 8.45. The summed E-state index contributed by atoms with van der Waals surface area (Å²) in [5.41, 5.74) is 4.15. The highest BCUT2D eigenvalue weighted by Crippen LogP contribution is 2.36. The van der Waals surface area contributed by atoms with Gasteiger partial charge in [0.1, 0.15) is 13.1 Å². The lowest BCUT2D eigenvalue weighted by atomic mass is 9.89. The third kappa shape index (κ3) is 3.88. The lowest BCUT2D eigenvalue weighted by Gasteiger charge is -2.32. The monoisotopic (exact) mass is 434 g/mol. The summed E-state index contributed by atoms with van der Waals surface area (Å²) < 4.78 is 0. The third-order valence-corrected chi connectivity index (χ3v) is 6.03. The molecule has 2 aliphatic heterocycles. The van der Waals surface area contributed by atoms with Crippen molar-refractivity contribution in [3.8, 4) is 0 Å². The van der Waals surface area contributed by atoms with Crippen LogP contribution < -0.4 is 0 Å². The topological polar surface area (TPSA) is 92.2 Å². The van der Waals surface area contributed by atoms with Gasteiger partial charge in [-0.2, -0.15) is 0 Å². The van der Waals surface area contributed by atoms with Crippen LogP contribution in [0, 0.1) is 13.8 Å². The average molecular weight is 434 g/mol. The molecule has 1 aromatic heterocycles. The molecule has 2 aliphatic rings. The van der Waals surface area contributed by atoms with Gasteiger partial charge in [0.25, 0.3) is 5.91 Å². The zero-order chi connectivity index (χ0) is 23.0. The number of rotatable bonds is 4. The Labute approximate surface area is 186 Å². The first-order valence-electron chi connectivity index (χ1n) is 10.6. The highest BCUT2D eigenvalue weighted by Gasteiger charge is 2.37. The molecule has 0 aliphatic carbocycles. The molecule has 0 spiro atoms. The fourth-order valence-corrected chi connectivity index (χ4v) is 4.07. The Hall–Kier alpha value is -3.55. The first-order valence-corrected chi connectivity index (χ1v) is 10.6. The second-order valence-electron chi connectivity index (χ2n) is 8.45. The maximum absolute atomic E-state index is 13.0. The van der Waals surface area contributed by atoms with Crippen molar-refractivity contribution in [3.05, 3.63) is 64.5 Å². The summed E-state index contributed by atoms with van der Waals surface area (Å²) >= 11 is 0. The number of oxime groups is 1. The van der Waals surface area contributed by atoms with Crippen molar-refractivity contribution in [2.45, 2.75) is 39.7 Å². The zero-order valence-corrected chi connectivity index (χ0v) is 18.7. The number of aromatic nitrogens is 1. The summed E-state index contributed by atoms with van der Waals surface area (Å²) in [7, 11) is 0. The van der Waals surface area contributed by atoms with Gasteiger partial charge in [0, 0.05) is 36.0 Å². The van der Waals surface area contributed by atoms with Crippen LogP contribution >= 0.6 is 0 Å². The van der Waals surface area contributed by atoms with Crippen molar-refractivity contribution in [1.82, 2.24) is 14.8 Å². The number of hydrogen-bond donors (Lipinski definition) is 0. The minimum atomic E-state index is -0.599. The minimum absolute atomic E-state index is 0.0942. The number of benzene rings is 1. The first kappa shape index (κ1) is 21.7. The molecule has 4 rings (SSSR count). The highest BCUT2D eigenvalue weighted by molar-refractivity contribution is 6.07. The van der Waals surface area contributed by atoms with E-state index in [-0.39, 0.29) is 30.8 Å². The molecule has 0 saturated carbocycles. The number of hydrogen-bond acceptors (Lipinski definition) is 6. The summed E-state index contributed by atoms with van der Waals surface area (Å²) in [5, 5.41) is 4.30. The van der Waals surface area contributed by atoms with E-state index in [1.807, 2.05) is 51.2 Å². The number of amides is 3. The smallest absolute Gasteiger partial charge is 0.255 e. The van der Waals surface area contributed by atoms with Crippen LogP contribution in [0.25, 0.3) is 0 Å². The lowest BCUT2D eigenvalue weighted by molar-refractivity contribution is -0.149. The molecular weight excluding hydrogens is 408 g/mol. The number of carbonyl (C=O) groups is 3. The van der Waals surface area contributed by atoms with Crippen LogP contribution in [0.3, 0.4) is 0 Å². The van der Waals surface area contributed by atoms with E-state index in [2.05, 4.69) is 10.1 Å². The zero-order valence-electron chi connectivity index (χ0n) is 18.7. The molecule has 0 radical (unpaired) electrons. The Balaban J connectivity index is 1.50. The normalized spacial score (nSPS) is 20.9. The molecule has 1 atom stereocenters. The molecule has 2 aromatic rings. The summed E-state index contributed by atoms with van der Waals surface area (Å²) in [6, 6.07) is 9.38. The summed E-state index contributed by atoms with van der Waals surface area (Å²) in [6.45, 7) is 7.62. The van der Waals surface area contributed by atoms with E-state index in [1.54, 1.807) is 13.0 Å². The number of imide groups is 1. The van der Waals surface area contributed by atoms with E-state index in [9.17, 15) is 14.4 Å². The molecule has 0 N–H and O–H groups in total. The number of likely N-dealkylation sites (N-methyl/N-ethyl adjacent to an activating group) is 1. The van der Waals surface area contributed by atoms with Crippen molar-refractivity contribution >= 4 is 23.4 Å². The Morgan fingerprint density at radius 3 is 2.44 bits per heavy atom. The predicted octanol–water partition coefficient (Wildman–Crippen LogP) is 2.57. The van der Waals surface area contributed by atoms with Crippen LogP contribution in [-0.4, -0.2) is 57.9 Å². The van der Waals surface area contributed by atoms with Crippen molar-refractivity contribution in [2.24, 2.45) is 5.16 Å². The minimum Gasteiger partial charge on any atom is -0.384 e. The van der Waals surface area contributed by atoms with Crippen molar-refractivity contribution in [3.63, 3.8) is 0 Å². The number of pyridine rings is 1. The highest BCUT2D eigenvalue weighted by atomic mass is 16.7. The average Bonchev–Trinajstić information content (AvgIpc) is 3.16. The number of nitrogens with zero attached hydrogens (tertiary/aromatic N) is 4. The molecule has 3 amide bonds. The Morgan fingerprint density at radius 1 is 1.12 bits per heavy atom. The lowest BCUT2D eigenvalue weighted by Crippen LogP contribution is -2.55. The maximum Gasteiger partial charge on any atom is 0.255 e. The van der Waals surface area contributed by atoms with E-state index >= 15 is 0 Å². The largest absolute Gasteiger partial charge is 0.384 e. The van der Waals surface area contributed by atoms with Crippen LogP contribution in [0.4, 0.5) is 0 Å². The van der Waals surface area contributed by atoms with Gasteiger partial charge in [-0.05, 0) is 57.0 Å². The van der Waals surface area contributed by atoms with Gasteiger partial charge in [-0.15, -0.1) is 0 Å². The van der Waals surface area contributed by atoms with E-state index < -0.39 is 5.60 Å². The molecular formula is C24H26N4O4. The number of piperazine rings is 1. The van der Waals surface area contributed by atoms with Gasteiger partial charge in [-0.1, -0.05) is 17.3 Å². The fourth-order valence-electron chi connectivity index (χ4n) is 4.07. The Bertz CT molecular complexity index is 1110. The molecule has 32 heavy (non-hydrogen) atoms. The van der Waals surface area contributed by atoms with Gasteiger partial charge in [-0.25, -0.2) is 0 Å². The quantitative estimate of drug-likeness (QED) is 0.690. The molecule has 166 valence electrons. The molecule has 3 heterocycles. The van der Waals surface area contributed by atoms with Crippen LogP contribution in [-0.2, 0) is 20.0 Å². The van der Waals surface area contributed by atoms with Gasteiger partial charge >= 0.3 is 0 Å². The van der Waals surface area contributed by atoms with Crippen molar-refractivity contribution in [1.29, 1.82) is 0 Å². The van der Waals surface area contributed by atoms with Gasteiger partial charge < -0.3 is 9.74 Å². The van der Waals surface area contributed by atoms with Crippen LogP contribution in [0.2, 0.25) is 0 Å². The summed E-state index contributed by atoms with van der Waals surface area (Å²) in [5.74, 6) is -1.03. The maximum atomic E-state index is 13.0. The summed E-state index contributed by atoms with van der Waals surface area (Å²) in [4.78, 5) is 50.0. The van der Waals surface area contributed by atoms with Crippen LogP contribution in [0.1, 0.15) is 53.0 Å². The van der Waals surface area contributed by atoms with Gasteiger partial charge in [0.05, 0.1) is 5.71 Å². The van der Waals surface area contributed by atoms with Crippen molar-refractivity contribution < 1.29 is 19.2 Å². The molecule has 0 bridgehead atoms. The molecule has 1 fully saturated rings. The third-order valence-electron chi connectivity index (χ3n) is 6.03. The van der Waals surface area contributed by atoms with Gasteiger partial charge in [-0.3, -0.25) is 24.3 Å². The predicted molar refractivity (Wildman–Crippen MR) is 118 cm³/mol. The van der Waals surface area contributed by atoms with Gasteiger partial charge in [0.2, 0.25) is 11.8 Å². The Morgan fingerprint density at radius 2 is 1.84 bits per heavy atom. The first-order chi connectivity index (χ1) is 15.2. The number of carbonyl (C=O) groups excluding carboxylic acids is 3. The van der Waals surface area contributed by atoms with E-state index in [1.165, 1.54) is 9.80 Å². The molecule has 8 heteroatoms. The second kappa shape index (κ2) is 8.18. The fraction of sp³-hybridized carbons (Fsp3) is 0.375. The van der Waals surface area contributed by atoms with Crippen LogP contribution in [0.5, 0.6) is 0 Å². The van der Waals surface area contributed by atoms with Crippen LogP contribution in [0.15, 0.2) is 41.7 Å². The summed E-state index contributed by atoms with van der Waals surface area (Å²) in [6.07, 6.45) is 2.38. The molecule has 8 nitrogen and oxygen atoms in total.